The highest BCUT2D eigenvalue weighted by molar-refractivity contribution is 5.89. The monoisotopic (exact) mass is 166 g/mol. The Morgan fingerprint density at radius 3 is 2.17 bits per heavy atom. The van der Waals surface area contributed by atoms with Crippen molar-refractivity contribution < 1.29 is 4.79 Å². The molecule has 3 aliphatic carbocycles. The first-order chi connectivity index (χ1) is 5.36. The largest absolute Gasteiger partial charge is 0.299 e. The minimum atomic E-state index is -0.0247. The van der Waals surface area contributed by atoms with E-state index in [0.717, 1.165) is 18.8 Å². The molecule has 12 heavy (non-hydrogen) atoms. The zero-order chi connectivity index (χ0) is 9.15. The van der Waals surface area contributed by atoms with Gasteiger partial charge in [0.1, 0.15) is 5.78 Å². The van der Waals surface area contributed by atoms with Crippen LogP contribution in [0.4, 0.5) is 0 Å². The summed E-state index contributed by atoms with van der Waals surface area (Å²) < 4.78 is 0. The Hall–Kier alpha value is -0.330. The van der Waals surface area contributed by atoms with Gasteiger partial charge in [-0.1, -0.05) is 27.7 Å². The van der Waals surface area contributed by atoms with Crippen molar-refractivity contribution in [2.75, 3.05) is 0 Å². The standard InChI is InChI=1S/C11H18O/c1-10(2)6-7-5-8(9(10)12)11(7,3)4/h7-8H,5-6H2,1-4H3. The van der Waals surface area contributed by atoms with E-state index in [4.69, 9.17) is 0 Å². The molecule has 0 amide bonds. The number of hydrogen-bond donors (Lipinski definition) is 0. The molecule has 1 nitrogen and oxygen atoms in total. The van der Waals surface area contributed by atoms with Crippen LogP contribution in [-0.2, 0) is 4.79 Å². The van der Waals surface area contributed by atoms with Crippen LogP contribution in [0.2, 0.25) is 0 Å². The fraction of sp³-hybridized carbons (Fsp3) is 0.909. The zero-order valence-electron chi connectivity index (χ0n) is 8.48. The lowest BCUT2D eigenvalue weighted by Crippen LogP contribution is -2.58. The molecular weight excluding hydrogens is 148 g/mol. The van der Waals surface area contributed by atoms with Crippen molar-refractivity contribution in [1.29, 1.82) is 0 Å². The first-order valence-corrected chi connectivity index (χ1v) is 4.90. The Morgan fingerprint density at radius 2 is 1.83 bits per heavy atom. The summed E-state index contributed by atoms with van der Waals surface area (Å²) in [5.74, 6) is 1.68. The maximum atomic E-state index is 11.9. The van der Waals surface area contributed by atoms with Gasteiger partial charge in [-0.2, -0.15) is 0 Å². The molecule has 2 unspecified atom stereocenters. The van der Waals surface area contributed by atoms with Crippen LogP contribution in [-0.4, -0.2) is 5.78 Å². The lowest BCUT2D eigenvalue weighted by Gasteiger charge is -2.60. The highest BCUT2D eigenvalue weighted by atomic mass is 16.1. The molecule has 0 N–H and O–H groups in total. The Morgan fingerprint density at radius 1 is 1.25 bits per heavy atom. The number of carbonyl (C=O) groups excluding carboxylic acids is 1. The minimum absolute atomic E-state index is 0.0247. The van der Waals surface area contributed by atoms with Gasteiger partial charge in [-0.25, -0.2) is 0 Å². The van der Waals surface area contributed by atoms with Crippen LogP contribution in [0.25, 0.3) is 0 Å². The Kier molecular flexibility index (Phi) is 1.34. The fourth-order valence-electron chi connectivity index (χ4n) is 3.00. The molecule has 1 heteroatoms. The van der Waals surface area contributed by atoms with Crippen molar-refractivity contribution in [2.45, 2.75) is 40.5 Å². The molecule has 0 aromatic carbocycles. The van der Waals surface area contributed by atoms with Crippen LogP contribution in [0.5, 0.6) is 0 Å². The van der Waals surface area contributed by atoms with Crippen LogP contribution in [0.3, 0.4) is 0 Å². The number of rotatable bonds is 0. The topological polar surface area (TPSA) is 17.1 Å². The molecule has 0 aromatic heterocycles. The van der Waals surface area contributed by atoms with E-state index < -0.39 is 0 Å². The molecule has 0 aromatic rings. The van der Waals surface area contributed by atoms with Crippen LogP contribution in [0.1, 0.15) is 40.5 Å². The van der Waals surface area contributed by atoms with Crippen molar-refractivity contribution >= 4 is 5.78 Å². The van der Waals surface area contributed by atoms with Gasteiger partial charge in [0.25, 0.3) is 0 Å². The SMILES string of the molecule is CC1(C)CC2CC(C1=O)C2(C)C. The van der Waals surface area contributed by atoms with Gasteiger partial charge in [0, 0.05) is 11.3 Å². The average molecular weight is 166 g/mol. The van der Waals surface area contributed by atoms with Gasteiger partial charge in [-0.05, 0) is 24.2 Å². The van der Waals surface area contributed by atoms with E-state index in [1.807, 2.05) is 0 Å². The molecule has 2 atom stereocenters. The van der Waals surface area contributed by atoms with E-state index in [2.05, 4.69) is 27.7 Å². The molecule has 3 aliphatic rings. The third kappa shape index (κ3) is 0.773. The summed E-state index contributed by atoms with van der Waals surface area (Å²) in [5.41, 5.74) is 0.287. The minimum Gasteiger partial charge on any atom is -0.299 e. The maximum absolute atomic E-state index is 11.9. The molecule has 0 saturated heterocycles. The summed E-state index contributed by atoms with van der Waals surface area (Å²) in [6.07, 6.45) is 2.27. The molecule has 3 fully saturated rings. The highest BCUT2D eigenvalue weighted by Gasteiger charge is 2.59. The lowest BCUT2D eigenvalue weighted by atomic mass is 9.43. The molecule has 0 heterocycles. The van der Waals surface area contributed by atoms with Gasteiger partial charge >= 0.3 is 0 Å². The number of hydrogen-bond acceptors (Lipinski definition) is 1. The fourth-order valence-corrected chi connectivity index (χ4v) is 3.00. The van der Waals surface area contributed by atoms with Crippen molar-refractivity contribution in [2.24, 2.45) is 22.7 Å². The number of fused-ring (bicyclic) bond motifs is 2. The smallest absolute Gasteiger partial charge is 0.142 e. The Bertz CT molecular complexity index is 237. The second-order valence-electron chi connectivity index (χ2n) is 5.76. The van der Waals surface area contributed by atoms with Crippen LogP contribution >= 0.6 is 0 Å². The second kappa shape index (κ2) is 1.94. The molecule has 2 bridgehead atoms. The summed E-state index contributed by atoms with van der Waals surface area (Å²) >= 11 is 0. The summed E-state index contributed by atoms with van der Waals surface area (Å²) in [6.45, 7) is 8.70. The van der Waals surface area contributed by atoms with Gasteiger partial charge in [0.05, 0.1) is 0 Å². The van der Waals surface area contributed by atoms with Gasteiger partial charge < -0.3 is 0 Å². The molecule has 0 spiro atoms. The van der Waals surface area contributed by atoms with Gasteiger partial charge in [0.2, 0.25) is 0 Å². The summed E-state index contributed by atoms with van der Waals surface area (Å²) in [5, 5.41) is 0. The Labute approximate surface area is 74.5 Å². The molecular formula is C11H18O. The third-order valence-electron chi connectivity index (χ3n) is 4.21. The number of ketones is 1. The average Bonchev–Trinajstić information content (AvgIpc) is 1.93. The van der Waals surface area contributed by atoms with E-state index >= 15 is 0 Å². The predicted molar refractivity (Wildman–Crippen MR) is 48.8 cm³/mol. The normalized spacial score (nSPS) is 42.2. The van der Waals surface area contributed by atoms with Crippen molar-refractivity contribution in [3.05, 3.63) is 0 Å². The molecule has 68 valence electrons. The summed E-state index contributed by atoms with van der Waals surface area (Å²) in [6, 6.07) is 0. The van der Waals surface area contributed by atoms with Crippen molar-refractivity contribution in [1.82, 2.24) is 0 Å². The molecule has 3 rings (SSSR count). The second-order valence-corrected chi connectivity index (χ2v) is 5.76. The first kappa shape index (κ1) is 8.28. The predicted octanol–water partition coefficient (Wildman–Crippen LogP) is 2.65. The molecule has 0 aliphatic heterocycles. The first-order valence-electron chi connectivity index (χ1n) is 4.90. The lowest BCUT2D eigenvalue weighted by molar-refractivity contribution is -0.165. The summed E-state index contributed by atoms with van der Waals surface area (Å²) in [7, 11) is 0. The number of Topliss-reactive ketones (excluding diaryl/α,β-unsaturated/α-hetero) is 1. The van der Waals surface area contributed by atoms with E-state index in [1.54, 1.807) is 0 Å². The quantitative estimate of drug-likeness (QED) is 0.540. The maximum Gasteiger partial charge on any atom is 0.142 e. The van der Waals surface area contributed by atoms with E-state index in [-0.39, 0.29) is 5.41 Å². The highest BCUT2D eigenvalue weighted by Crippen LogP contribution is 2.61. The van der Waals surface area contributed by atoms with Crippen LogP contribution in [0.15, 0.2) is 0 Å². The Balaban J connectivity index is 2.29. The third-order valence-corrected chi connectivity index (χ3v) is 4.21. The van der Waals surface area contributed by atoms with Gasteiger partial charge in [-0.15, -0.1) is 0 Å². The van der Waals surface area contributed by atoms with Crippen LogP contribution in [0, 0.1) is 22.7 Å². The van der Waals surface area contributed by atoms with Crippen molar-refractivity contribution in [3.63, 3.8) is 0 Å². The van der Waals surface area contributed by atoms with Crippen LogP contribution < -0.4 is 0 Å². The van der Waals surface area contributed by atoms with Gasteiger partial charge in [-0.3, -0.25) is 4.79 Å². The van der Waals surface area contributed by atoms with Crippen molar-refractivity contribution in [3.8, 4) is 0 Å². The van der Waals surface area contributed by atoms with E-state index in [0.29, 0.717) is 17.1 Å². The molecule has 0 radical (unpaired) electrons. The summed E-state index contributed by atoms with van der Waals surface area (Å²) in [4.78, 5) is 11.9. The van der Waals surface area contributed by atoms with Gasteiger partial charge in [0.15, 0.2) is 0 Å². The molecule has 3 saturated carbocycles. The van der Waals surface area contributed by atoms with E-state index in [1.165, 1.54) is 0 Å². The zero-order valence-corrected chi connectivity index (χ0v) is 8.48. The number of carbonyl (C=O) groups is 1. The van der Waals surface area contributed by atoms with E-state index in [9.17, 15) is 4.79 Å².